The molecule has 0 saturated carbocycles. The average Bonchev–Trinajstić information content (AvgIpc) is 2.04. The van der Waals surface area contributed by atoms with Gasteiger partial charge in [0.1, 0.15) is 6.10 Å². The smallest absolute Gasteiger partial charge is 0.273 e. The predicted octanol–water partition coefficient (Wildman–Crippen LogP) is -0.226. The lowest BCUT2D eigenvalue weighted by molar-refractivity contribution is 0.136. The van der Waals surface area contributed by atoms with E-state index in [1.54, 1.807) is 0 Å². The number of ether oxygens (including phenoxy) is 1. The first-order chi connectivity index (χ1) is 6.27. The van der Waals surface area contributed by atoms with Crippen LogP contribution in [0.1, 0.15) is 0 Å². The maximum Gasteiger partial charge on any atom is 0.273 e. The van der Waals surface area contributed by atoms with E-state index in [0.29, 0.717) is 0 Å². The van der Waals surface area contributed by atoms with E-state index >= 15 is 0 Å². The molecule has 13 heavy (non-hydrogen) atoms. The van der Waals surface area contributed by atoms with Crippen molar-refractivity contribution in [2.24, 2.45) is 0 Å². The Balaban J connectivity index is 2.19. The summed E-state index contributed by atoms with van der Waals surface area (Å²) in [4.78, 5) is 17.2. The second kappa shape index (κ2) is 3.35. The first-order valence-electron chi connectivity index (χ1n) is 3.88. The van der Waals surface area contributed by atoms with Crippen LogP contribution in [-0.4, -0.2) is 29.2 Å². The molecule has 0 atom stereocenters. The van der Waals surface area contributed by atoms with Crippen molar-refractivity contribution in [2.45, 2.75) is 6.10 Å². The summed E-state index contributed by atoms with van der Waals surface area (Å²) < 4.78 is 5.34. The fraction of sp³-hybridized carbons (Fsp3) is 0.429. The van der Waals surface area contributed by atoms with Gasteiger partial charge in [-0.05, 0) is 0 Å². The van der Waals surface area contributed by atoms with Crippen LogP contribution in [0.25, 0.3) is 0 Å². The van der Waals surface area contributed by atoms with Gasteiger partial charge < -0.3 is 15.0 Å². The Morgan fingerprint density at radius 1 is 1.62 bits per heavy atom. The Morgan fingerprint density at radius 3 is 3.00 bits per heavy atom. The zero-order chi connectivity index (χ0) is 9.26. The Kier molecular flexibility index (Phi) is 2.20. The van der Waals surface area contributed by atoms with Crippen molar-refractivity contribution in [1.82, 2.24) is 15.3 Å². The van der Waals surface area contributed by atoms with Gasteiger partial charge >= 0.3 is 0 Å². The molecule has 2 rings (SSSR count). The number of nitrogens with one attached hydrogen (secondary N) is 2. The van der Waals surface area contributed by atoms with Crippen molar-refractivity contribution < 1.29 is 4.74 Å². The molecule has 0 spiro atoms. The van der Waals surface area contributed by atoms with Crippen LogP contribution in [0.3, 0.4) is 0 Å². The highest BCUT2D eigenvalue weighted by atomic mass is 35.5. The molecule has 0 aromatic carbocycles. The number of hydrogen-bond acceptors (Lipinski definition) is 4. The van der Waals surface area contributed by atoms with Gasteiger partial charge in [-0.15, -0.1) is 0 Å². The maximum atomic E-state index is 11.0. The number of hydrogen-bond donors (Lipinski definition) is 2. The normalized spacial score (nSPS) is 16.7. The van der Waals surface area contributed by atoms with E-state index in [4.69, 9.17) is 16.3 Å². The van der Waals surface area contributed by atoms with Gasteiger partial charge in [-0.3, -0.25) is 4.79 Å². The molecule has 70 valence electrons. The summed E-state index contributed by atoms with van der Waals surface area (Å²) in [7, 11) is 0. The molecule has 0 unspecified atom stereocenters. The highest BCUT2D eigenvalue weighted by Crippen LogP contribution is 2.17. The van der Waals surface area contributed by atoms with Gasteiger partial charge in [0.2, 0.25) is 5.88 Å². The van der Waals surface area contributed by atoms with Crippen LogP contribution < -0.4 is 15.6 Å². The van der Waals surface area contributed by atoms with Crippen LogP contribution in [0, 0.1) is 0 Å². The third-order valence-electron chi connectivity index (χ3n) is 1.79. The van der Waals surface area contributed by atoms with E-state index in [1.807, 2.05) is 0 Å². The largest absolute Gasteiger partial charge is 0.470 e. The molecular formula is C7H8ClN3O2. The molecular weight excluding hydrogens is 194 g/mol. The quantitative estimate of drug-likeness (QED) is 0.694. The van der Waals surface area contributed by atoms with Crippen molar-refractivity contribution in [3.8, 4) is 5.88 Å². The van der Waals surface area contributed by atoms with Crippen molar-refractivity contribution in [2.75, 3.05) is 13.1 Å². The van der Waals surface area contributed by atoms with E-state index in [0.717, 1.165) is 13.1 Å². The molecule has 6 heteroatoms. The zero-order valence-electron chi connectivity index (χ0n) is 6.71. The lowest BCUT2D eigenvalue weighted by Gasteiger charge is -2.27. The van der Waals surface area contributed by atoms with Gasteiger partial charge in [-0.1, -0.05) is 11.6 Å². The average molecular weight is 202 g/mol. The van der Waals surface area contributed by atoms with Gasteiger partial charge in [-0.2, -0.15) is 0 Å². The number of nitrogens with zero attached hydrogens (tertiary/aromatic N) is 1. The van der Waals surface area contributed by atoms with E-state index in [1.165, 1.54) is 6.33 Å². The minimum atomic E-state index is -0.376. The summed E-state index contributed by atoms with van der Waals surface area (Å²) in [6.45, 7) is 1.54. The van der Waals surface area contributed by atoms with Crippen molar-refractivity contribution in [3.05, 3.63) is 21.7 Å². The molecule has 1 saturated heterocycles. The Morgan fingerprint density at radius 2 is 2.38 bits per heavy atom. The Bertz CT molecular complexity index is 361. The maximum absolute atomic E-state index is 11.0. The molecule has 5 nitrogen and oxygen atoms in total. The number of aromatic amines is 1. The third-order valence-corrected chi connectivity index (χ3v) is 2.12. The van der Waals surface area contributed by atoms with Crippen LogP contribution in [0.5, 0.6) is 5.88 Å². The van der Waals surface area contributed by atoms with Crippen LogP contribution in [0.2, 0.25) is 5.02 Å². The minimum absolute atomic E-state index is 0.00870. The summed E-state index contributed by atoms with van der Waals surface area (Å²) in [5.74, 6) is 0.205. The summed E-state index contributed by atoms with van der Waals surface area (Å²) >= 11 is 5.67. The Labute approximate surface area is 79.1 Å². The van der Waals surface area contributed by atoms with Crippen molar-refractivity contribution in [1.29, 1.82) is 0 Å². The molecule has 0 radical (unpaired) electrons. The first kappa shape index (κ1) is 8.52. The fourth-order valence-electron chi connectivity index (χ4n) is 0.952. The molecule has 0 amide bonds. The van der Waals surface area contributed by atoms with Gasteiger partial charge in [0.25, 0.3) is 5.56 Å². The Hall–Kier alpha value is -1.07. The third kappa shape index (κ3) is 1.66. The van der Waals surface area contributed by atoms with Gasteiger partial charge in [0, 0.05) is 13.1 Å². The monoisotopic (exact) mass is 201 g/mol. The molecule has 0 aliphatic carbocycles. The SMILES string of the molecule is O=c1[nH]cnc(OC2CNC2)c1Cl. The molecule has 0 bridgehead atoms. The van der Waals surface area contributed by atoms with Gasteiger partial charge in [-0.25, -0.2) is 4.98 Å². The molecule has 2 N–H and O–H groups in total. The number of halogens is 1. The molecule has 1 aromatic heterocycles. The van der Waals surface area contributed by atoms with E-state index in [-0.39, 0.29) is 22.6 Å². The highest BCUT2D eigenvalue weighted by molar-refractivity contribution is 6.31. The number of rotatable bonds is 2. The van der Waals surface area contributed by atoms with E-state index in [2.05, 4.69) is 15.3 Å². The molecule has 2 heterocycles. The zero-order valence-corrected chi connectivity index (χ0v) is 7.47. The van der Waals surface area contributed by atoms with Crippen molar-refractivity contribution >= 4 is 11.6 Å². The molecule has 1 aliphatic heterocycles. The van der Waals surface area contributed by atoms with Gasteiger partial charge in [0.15, 0.2) is 5.02 Å². The topological polar surface area (TPSA) is 67.0 Å². The fourth-order valence-corrected chi connectivity index (χ4v) is 1.10. The van der Waals surface area contributed by atoms with E-state index < -0.39 is 0 Å². The molecule has 1 fully saturated rings. The van der Waals surface area contributed by atoms with Crippen LogP contribution in [0.15, 0.2) is 11.1 Å². The summed E-state index contributed by atoms with van der Waals surface area (Å²) in [6.07, 6.45) is 1.35. The van der Waals surface area contributed by atoms with Crippen LogP contribution in [0.4, 0.5) is 0 Å². The summed E-state index contributed by atoms with van der Waals surface area (Å²) in [5.41, 5.74) is -0.376. The second-order valence-corrected chi connectivity index (χ2v) is 3.13. The summed E-state index contributed by atoms with van der Waals surface area (Å²) in [5, 5.41) is 3.04. The predicted molar refractivity (Wildman–Crippen MR) is 47.2 cm³/mol. The number of aromatic nitrogens is 2. The number of H-pyrrole nitrogens is 1. The van der Waals surface area contributed by atoms with Crippen molar-refractivity contribution in [3.63, 3.8) is 0 Å². The van der Waals surface area contributed by atoms with Crippen LogP contribution in [-0.2, 0) is 0 Å². The lowest BCUT2D eigenvalue weighted by atomic mass is 10.2. The van der Waals surface area contributed by atoms with Crippen LogP contribution >= 0.6 is 11.6 Å². The molecule has 1 aliphatic rings. The molecule has 1 aromatic rings. The lowest BCUT2D eigenvalue weighted by Crippen LogP contribution is -2.50. The second-order valence-electron chi connectivity index (χ2n) is 2.75. The standard InChI is InChI=1S/C7H8ClN3O2/c8-5-6(12)10-3-11-7(5)13-4-1-9-2-4/h3-4,9H,1-2H2,(H,10,11,12). The minimum Gasteiger partial charge on any atom is -0.470 e. The van der Waals surface area contributed by atoms with Gasteiger partial charge in [0.05, 0.1) is 6.33 Å². The summed E-state index contributed by atoms with van der Waals surface area (Å²) in [6, 6.07) is 0. The highest BCUT2D eigenvalue weighted by Gasteiger charge is 2.20. The first-order valence-corrected chi connectivity index (χ1v) is 4.25. The van der Waals surface area contributed by atoms with E-state index in [9.17, 15) is 4.79 Å².